The molecule has 102 valence electrons. The molecule has 0 amide bonds. The Labute approximate surface area is 123 Å². The van der Waals surface area contributed by atoms with Crippen molar-refractivity contribution in [3.05, 3.63) is 72.8 Å². The zero-order valence-corrected chi connectivity index (χ0v) is 12.8. The Balaban J connectivity index is 2.02. The molecule has 0 fully saturated rings. The van der Waals surface area contributed by atoms with Crippen LogP contribution in [0.2, 0.25) is 0 Å². The van der Waals surface area contributed by atoms with Gasteiger partial charge in [-0.3, -0.25) is 0 Å². The van der Waals surface area contributed by atoms with E-state index < -0.39 is 0 Å². The van der Waals surface area contributed by atoms with E-state index >= 15 is 0 Å². The highest BCUT2D eigenvalue weighted by Crippen LogP contribution is 2.47. The smallest absolute Gasteiger partial charge is 0.00818 e. The Kier molecular flexibility index (Phi) is 4.33. The summed E-state index contributed by atoms with van der Waals surface area (Å²) in [6, 6.07) is 22.1. The third-order valence-electron chi connectivity index (χ3n) is 4.15. The lowest BCUT2D eigenvalue weighted by Crippen LogP contribution is -2.24. The van der Waals surface area contributed by atoms with Crippen molar-refractivity contribution in [2.24, 2.45) is 5.92 Å². The lowest BCUT2D eigenvalue weighted by atomic mass is 10.0. The van der Waals surface area contributed by atoms with Crippen molar-refractivity contribution >= 4 is 18.5 Å². The normalized spacial score (nSPS) is 21.5. The van der Waals surface area contributed by atoms with Gasteiger partial charge in [0.1, 0.15) is 0 Å². The molecule has 1 heteroatoms. The van der Waals surface area contributed by atoms with Crippen LogP contribution in [0.5, 0.6) is 0 Å². The van der Waals surface area contributed by atoms with E-state index in [-0.39, 0.29) is 7.92 Å². The van der Waals surface area contributed by atoms with Crippen LogP contribution in [0.25, 0.3) is 0 Å². The van der Waals surface area contributed by atoms with Gasteiger partial charge in [-0.15, -0.1) is 0 Å². The van der Waals surface area contributed by atoms with Gasteiger partial charge >= 0.3 is 0 Å². The summed E-state index contributed by atoms with van der Waals surface area (Å²) in [6.45, 7) is 2.33. The van der Waals surface area contributed by atoms with Gasteiger partial charge in [-0.1, -0.05) is 86.2 Å². The summed E-state index contributed by atoms with van der Waals surface area (Å²) in [7, 11) is -0.284. The maximum absolute atomic E-state index is 2.47. The summed E-state index contributed by atoms with van der Waals surface area (Å²) in [4.78, 5) is 0. The van der Waals surface area contributed by atoms with E-state index in [9.17, 15) is 0 Å². The molecule has 3 rings (SSSR count). The van der Waals surface area contributed by atoms with Gasteiger partial charge in [0.05, 0.1) is 0 Å². The summed E-state index contributed by atoms with van der Waals surface area (Å²) >= 11 is 0. The van der Waals surface area contributed by atoms with Gasteiger partial charge in [0.25, 0.3) is 0 Å². The minimum absolute atomic E-state index is 0.284. The van der Waals surface area contributed by atoms with Crippen molar-refractivity contribution in [2.75, 3.05) is 0 Å². The molecule has 0 nitrogen and oxygen atoms in total. The van der Waals surface area contributed by atoms with E-state index in [0.29, 0.717) is 5.66 Å². The van der Waals surface area contributed by atoms with Crippen molar-refractivity contribution in [1.82, 2.24) is 0 Å². The van der Waals surface area contributed by atoms with Crippen LogP contribution in [0.4, 0.5) is 0 Å². The Morgan fingerprint density at radius 1 is 0.900 bits per heavy atom. The fraction of sp³-hybridized carbons (Fsp3) is 0.263. The first-order valence-electron chi connectivity index (χ1n) is 7.46. The van der Waals surface area contributed by atoms with Gasteiger partial charge in [0.2, 0.25) is 0 Å². The van der Waals surface area contributed by atoms with Gasteiger partial charge in [0, 0.05) is 5.66 Å². The minimum Gasteiger partial charge on any atom is -0.0876 e. The molecule has 2 atom stereocenters. The quantitative estimate of drug-likeness (QED) is 0.572. The second-order valence-electron chi connectivity index (χ2n) is 5.36. The lowest BCUT2D eigenvalue weighted by molar-refractivity contribution is 0.558. The molecule has 0 saturated carbocycles. The molecule has 0 N–H and O–H groups in total. The number of hydrogen-bond acceptors (Lipinski definition) is 0. The van der Waals surface area contributed by atoms with Gasteiger partial charge in [-0.2, -0.15) is 0 Å². The third-order valence-corrected chi connectivity index (χ3v) is 7.05. The van der Waals surface area contributed by atoms with Crippen molar-refractivity contribution in [2.45, 2.75) is 25.4 Å². The molecular weight excluding hydrogens is 259 g/mol. The molecular formula is C19H21P. The van der Waals surface area contributed by atoms with Crippen LogP contribution >= 0.6 is 7.92 Å². The molecule has 2 aromatic rings. The number of benzene rings is 2. The molecule has 1 unspecified atom stereocenters. The Morgan fingerprint density at radius 3 is 1.95 bits per heavy atom. The Hall–Kier alpha value is -1.39. The molecule has 20 heavy (non-hydrogen) atoms. The van der Waals surface area contributed by atoms with Crippen LogP contribution < -0.4 is 10.6 Å². The molecule has 1 aliphatic rings. The number of allylic oxidation sites excluding steroid dienone is 2. The molecule has 1 aliphatic carbocycles. The molecule has 0 aliphatic heterocycles. The molecule has 0 radical (unpaired) electrons. The van der Waals surface area contributed by atoms with Crippen LogP contribution in [0.1, 0.15) is 19.8 Å². The predicted octanol–water partition coefficient (Wildman–Crippen LogP) is 4.47. The predicted molar refractivity (Wildman–Crippen MR) is 90.4 cm³/mol. The monoisotopic (exact) mass is 280 g/mol. The van der Waals surface area contributed by atoms with E-state index in [1.807, 2.05) is 0 Å². The first-order valence-corrected chi connectivity index (χ1v) is 8.87. The second-order valence-corrected chi connectivity index (χ2v) is 7.73. The summed E-state index contributed by atoms with van der Waals surface area (Å²) in [6.07, 6.45) is 7.38. The maximum Gasteiger partial charge on any atom is 0.00818 e. The maximum atomic E-state index is 2.47. The van der Waals surface area contributed by atoms with E-state index in [1.54, 1.807) is 0 Å². The standard InChI is InChI=1S/C19H21P/c1-2-16-10-9-15-19(16)20(17-11-5-3-6-12-17)18-13-7-4-8-14-18/h3-9,11-16,19H,2,10H2,1H3/t16?,19-/m0/s1. The summed E-state index contributed by atoms with van der Waals surface area (Å²) in [5.41, 5.74) is 0.694. The summed E-state index contributed by atoms with van der Waals surface area (Å²) in [5.74, 6) is 0.807. The summed E-state index contributed by atoms with van der Waals surface area (Å²) < 4.78 is 0. The van der Waals surface area contributed by atoms with E-state index in [0.717, 1.165) is 5.92 Å². The molecule has 0 spiro atoms. The van der Waals surface area contributed by atoms with Crippen LogP contribution in [0.3, 0.4) is 0 Å². The van der Waals surface area contributed by atoms with Gasteiger partial charge < -0.3 is 0 Å². The van der Waals surface area contributed by atoms with Crippen molar-refractivity contribution in [1.29, 1.82) is 0 Å². The fourth-order valence-electron chi connectivity index (χ4n) is 3.06. The van der Waals surface area contributed by atoms with Crippen molar-refractivity contribution < 1.29 is 0 Å². The molecule has 0 aromatic heterocycles. The van der Waals surface area contributed by atoms with Crippen molar-refractivity contribution in [3.8, 4) is 0 Å². The fourth-order valence-corrected chi connectivity index (χ4v) is 6.09. The third kappa shape index (κ3) is 2.72. The van der Waals surface area contributed by atoms with Gasteiger partial charge in [-0.25, -0.2) is 0 Å². The average molecular weight is 280 g/mol. The zero-order chi connectivity index (χ0) is 13.8. The molecule has 0 saturated heterocycles. The van der Waals surface area contributed by atoms with Crippen LogP contribution in [-0.2, 0) is 0 Å². The SMILES string of the molecule is CCC1CC=C[C@@H]1P(c1ccccc1)c1ccccc1. The topological polar surface area (TPSA) is 0 Å². The lowest BCUT2D eigenvalue weighted by Gasteiger charge is -2.29. The minimum atomic E-state index is -0.284. The molecule has 0 bridgehead atoms. The zero-order valence-electron chi connectivity index (χ0n) is 11.9. The van der Waals surface area contributed by atoms with E-state index in [1.165, 1.54) is 23.5 Å². The number of hydrogen-bond donors (Lipinski definition) is 0. The first kappa shape index (κ1) is 13.6. The van der Waals surface area contributed by atoms with Crippen LogP contribution in [0.15, 0.2) is 72.8 Å². The van der Waals surface area contributed by atoms with Gasteiger partial charge in [0.15, 0.2) is 0 Å². The highest BCUT2D eigenvalue weighted by Gasteiger charge is 2.30. The van der Waals surface area contributed by atoms with Crippen LogP contribution in [-0.4, -0.2) is 5.66 Å². The van der Waals surface area contributed by atoms with Gasteiger partial charge in [-0.05, 0) is 30.9 Å². The number of rotatable bonds is 4. The Morgan fingerprint density at radius 2 is 1.45 bits per heavy atom. The van der Waals surface area contributed by atoms with Crippen molar-refractivity contribution in [3.63, 3.8) is 0 Å². The molecule has 2 aromatic carbocycles. The second kappa shape index (κ2) is 6.37. The Bertz CT molecular complexity index is 519. The first-order chi connectivity index (χ1) is 9.90. The van der Waals surface area contributed by atoms with E-state index in [4.69, 9.17) is 0 Å². The van der Waals surface area contributed by atoms with E-state index in [2.05, 4.69) is 79.7 Å². The average Bonchev–Trinajstić information content (AvgIpc) is 2.98. The van der Waals surface area contributed by atoms with Crippen LogP contribution in [0, 0.1) is 5.92 Å². The summed E-state index contributed by atoms with van der Waals surface area (Å²) in [5, 5.41) is 3.01. The highest BCUT2D eigenvalue weighted by molar-refractivity contribution is 7.73. The largest absolute Gasteiger partial charge is 0.0876 e. The molecule has 0 heterocycles. The highest BCUT2D eigenvalue weighted by atomic mass is 31.1.